The largest absolute Gasteiger partial charge is 0.394 e. The molecule has 0 radical (unpaired) electrons. The zero-order valence-corrected chi connectivity index (χ0v) is 10.1. The van der Waals surface area contributed by atoms with Crippen LogP contribution in [0, 0.1) is 0 Å². The summed E-state index contributed by atoms with van der Waals surface area (Å²) in [6.45, 7) is -0.187. The van der Waals surface area contributed by atoms with Gasteiger partial charge in [0.05, 0.1) is 12.7 Å². The van der Waals surface area contributed by atoms with Crippen LogP contribution in [0.1, 0.15) is 12.6 Å². The van der Waals surface area contributed by atoms with Crippen LogP contribution in [0.25, 0.3) is 0 Å². The highest BCUT2D eigenvalue weighted by atomic mass is 31.0. The fraction of sp³-hybridized carbons (Fsp3) is 0.556. The number of aliphatic hydroxyl groups excluding tert-OH is 1. The molecule has 2 heterocycles. The summed E-state index contributed by atoms with van der Waals surface area (Å²) in [5.74, 6) is 0. The number of hydrogen-bond acceptors (Lipinski definition) is 5. The average Bonchev–Trinajstić information content (AvgIpc) is 2.72. The lowest BCUT2D eigenvalue weighted by molar-refractivity contribution is -0.0402. The molecule has 7 nitrogen and oxygen atoms in total. The molecule has 2 N–H and O–H groups in total. The lowest BCUT2D eigenvalue weighted by Gasteiger charge is -2.14. The topological polar surface area (TPSA) is 93.5 Å². The van der Waals surface area contributed by atoms with Gasteiger partial charge in [-0.25, -0.2) is 4.79 Å². The lowest BCUT2D eigenvalue weighted by atomic mass is 10.2. The molecule has 1 aliphatic rings. The molecule has 1 aromatic heterocycles. The maximum Gasteiger partial charge on any atom is 0.330 e. The number of aliphatic hydroxyl groups is 1. The Hall–Kier alpha value is -1.01. The van der Waals surface area contributed by atoms with Crippen molar-refractivity contribution in [1.29, 1.82) is 0 Å². The van der Waals surface area contributed by atoms with E-state index in [0.29, 0.717) is 6.42 Å². The fourth-order valence-electron chi connectivity index (χ4n) is 1.83. The maximum absolute atomic E-state index is 11.5. The highest BCUT2D eigenvalue weighted by Gasteiger charge is 2.36. The standard InChI is InChI=1S/C9H13N2O5P/c12-4-6-5(16-17)3-8(15-6)11-2-1-7(13)10-9(11)14/h1-2,5-6,8,12H,3-4,17H2,(H,10,13,14)/t5-,6-,8-/m1/s1. The van der Waals surface area contributed by atoms with Crippen LogP contribution in [0.2, 0.25) is 0 Å². The van der Waals surface area contributed by atoms with Gasteiger partial charge in [-0.05, 0) is 0 Å². The molecule has 0 amide bonds. The minimum Gasteiger partial charge on any atom is -0.394 e. The molecule has 2 rings (SSSR count). The van der Waals surface area contributed by atoms with Crippen molar-refractivity contribution in [3.05, 3.63) is 33.1 Å². The van der Waals surface area contributed by atoms with E-state index >= 15 is 0 Å². The van der Waals surface area contributed by atoms with Gasteiger partial charge in [-0.15, -0.1) is 0 Å². The van der Waals surface area contributed by atoms with Crippen LogP contribution in [-0.2, 0) is 9.26 Å². The molecule has 1 saturated heterocycles. The smallest absolute Gasteiger partial charge is 0.330 e. The number of nitrogens with one attached hydrogen (secondary N) is 1. The number of aromatic nitrogens is 2. The molecule has 8 heteroatoms. The van der Waals surface area contributed by atoms with Crippen molar-refractivity contribution in [2.24, 2.45) is 0 Å². The molecule has 0 aliphatic carbocycles. The van der Waals surface area contributed by atoms with E-state index < -0.39 is 23.6 Å². The molecule has 0 aromatic carbocycles. The van der Waals surface area contributed by atoms with E-state index in [1.54, 1.807) is 0 Å². The fourth-order valence-corrected chi connectivity index (χ4v) is 2.12. The molecule has 1 aliphatic heterocycles. The van der Waals surface area contributed by atoms with Crippen LogP contribution in [0.4, 0.5) is 0 Å². The number of H-pyrrole nitrogens is 1. The molecule has 1 unspecified atom stereocenters. The summed E-state index contributed by atoms with van der Waals surface area (Å²) in [6.07, 6.45) is 0.485. The average molecular weight is 260 g/mol. The molecule has 1 aromatic rings. The summed E-state index contributed by atoms with van der Waals surface area (Å²) in [6, 6.07) is 1.24. The van der Waals surface area contributed by atoms with Crippen molar-refractivity contribution in [1.82, 2.24) is 9.55 Å². The predicted molar refractivity (Wildman–Crippen MR) is 61.5 cm³/mol. The van der Waals surface area contributed by atoms with Gasteiger partial charge in [-0.3, -0.25) is 14.3 Å². The molecule has 94 valence electrons. The first-order valence-corrected chi connectivity index (χ1v) is 5.56. The van der Waals surface area contributed by atoms with Gasteiger partial charge in [0.15, 0.2) is 0 Å². The van der Waals surface area contributed by atoms with Gasteiger partial charge in [0.1, 0.15) is 12.3 Å². The SMILES string of the molecule is O=c1ccn([C@H]2C[C@@H](OP)[C@@H](CO)O2)c(=O)[nH]1. The van der Waals surface area contributed by atoms with E-state index in [9.17, 15) is 9.59 Å². The monoisotopic (exact) mass is 260 g/mol. The van der Waals surface area contributed by atoms with Gasteiger partial charge in [0, 0.05) is 28.2 Å². The first-order chi connectivity index (χ1) is 8.15. The summed E-state index contributed by atoms with van der Waals surface area (Å²) in [4.78, 5) is 24.6. The van der Waals surface area contributed by atoms with Gasteiger partial charge in [-0.1, -0.05) is 0 Å². The molecular formula is C9H13N2O5P. The molecule has 1 fully saturated rings. The van der Waals surface area contributed by atoms with Crippen LogP contribution in [-0.4, -0.2) is 33.5 Å². The number of nitrogens with zero attached hydrogens (tertiary/aromatic N) is 1. The van der Waals surface area contributed by atoms with E-state index in [4.69, 9.17) is 14.4 Å². The third-order valence-electron chi connectivity index (χ3n) is 2.70. The Balaban J connectivity index is 2.25. The number of aromatic amines is 1. The van der Waals surface area contributed by atoms with Crippen molar-refractivity contribution in [3.63, 3.8) is 0 Å². The second-order valence-corrected chi connectivity index (χ2v) is 4.01. The summed E-state index contributed by atoms with van der Waals surface area (Å²) in [5.41, 5.74) is -0.995. The maximum atomic E-state index is 11.5. The minimum absolute atomic E-state index is 0.187. The van der Waals surface area contributed by atoms with Crippen molar-refractivity contribution >= 4 is 9.47 Å². The molecule has 17 heavy (non-hydrogen) atoms. The van der Waals surface area contributed by atoms with Gasteiger partial charge in [0.2, 0.25) is 0 Å². The molecule has 0 bridgehead atoms. The Morgan fingerprint density at radius 3 is 2.94 bits per heavy atom. The van der Waals surface area contributed by atoms with E-state index in [2.05, 4.69) is 14.5 Å². The van der Waals surface area contributed by atoms with Crippen LogP contribution in [0.5, 0.6) is 0 Å². The van der Waals surface area contributed by atoms with Crippen molar-refractivity contribution in [2.45, 2.75) is 24.9 Å². The van der Waals surface area contributed by atoms with Gasteiger partial charge >= 0.3 is 5.69 Å². The molecular weight excluding hydrogens is 247 g/mol. The highest BCUT2D eigenvalue weighted by molar-refractivity contribution is 7.09. The Morgan fingerprint density at radius 2 is 2.41 bits per heavy atom. The van der Waals surface area contributed by atoms with Crippen LogP contribution in [0.3, 0.4) is 0 Å². The number of rotatable bonds is 3. The highest BCUT2D eigenvalue weighted by Crippen LogP contribution is 2.30. The first kappa shape index (κ1) is 12.4. The number of hydrogen-bond donors (Lipinski definition) is 2. The lowest BCUT2D eigenvalue weighted by Crippen LogP contribution is -2.31. The summed E-state index contributed by atoms with van der Waals surface area (Å²) in [5, 5.41) is 9.09. The molecule has 0 spiro atoms. The van der Waals surface area contributed by atoms with Gasteiger partial charge < -0.3 is 14.4 Å². The minimum atomic E-state index is -0.540. The molecule has 0 saturated carbocycles. The zero-order chi connectivity index (χ0) is 12.4. The third-order valence-corrected chi connectivity index (χ3v) is 3.05. The summed E-state index contributed by atoms with van der Waals surface area (Å²) in [7, 11) is 2.11. The van der Waals surface area contributed by atoms with Crippen LogP contribution in [0.15, 0.2) is 21.9 Å². The van der Waals surface area contributed by atoms with E-state index in [0.717, 1.165) is 0 Å². The van der Waals surface area contributed by atoms with Gasteiger partial charge in [-0.2, -0.15) is 0 Å². The van der Waals surface area contributed by atoms with Crippen molar-refractivity contribution in [2.75, 3.05) is 6.61 Å². The van der Waals surface area contributed by atoms with E-state index in [1.165, 1.54) is 16.8 Å². The van der Waals surface area contributed by atoms with Crippen molar-refractivity contribution in [3.8, 4) is 0 Å². The quantitative estimate of drug-likeness (QED) is 0.679. The van der Waals surface area contributed by atoms with Gasteiger partial charge in [0.25, 0.3) is 5.56 Å². The Labute approximate surface area is 98.7 Å². The van der Waals surface area contributed by atoms with Crippen molar-refractivity contribution < 1.29 is 14.4 Å². The second kappa shape index (κ2) is 5.10. The zero-order valence-electron chi connectivity index (χ0n) is 8.91. The summed E-state index contributed by atoms with van der Waals surface area (Å²) < 4.78 is 11.8. The Bertz CT molecular complexity index is 487. The van der Waals surface area contributed by atoms with Crippen LogP contribution < -0.4 is 11.2 Å². The predicted octanol–water partition coefficient (Wildman–Crippen LogP) is -1.01. The second-order valence-electron chi connectivity index (χ2n) is 3.74. The summed E-state index contributed by atoms with van der Waals surface area (Å²) >= 11 is 0. The molecule has 4 atom stereocenters. The number of ether oxygens (including phenoxy) is 1. The van der Waals surface area contributed by atoms with E-state index in [1.807, 2.05) is 0 Å². The third kappa shape index (κ3) is 2.47. The normalized spacial score (nSPS) is 28.5. The van der Waals surface area contributed by atoms with Crippen LogP contribution >= 0.6 is 9.47 Å². The Kier molecular flexibility index (Phi) is 3.73. The first-order valence-electron chi connectivity index (χ1n) is 5.09. The Morgan fingerprint density at radius 1 is 1.65 bits per heavy atom. The van der Waals surface area contributed by atoms with E-state index in [-0.39, 0.29) is 12.7 Å².